The monoisotopic (exact) mass is 264 g/mol. The van der Waals surface area contributed by atoms with Crippen molar-refractivity contribution in [1.29, 1.82) is 0 Å². The van der Waals surface area contributed by atoms with Crippen LogP contribution in [-0.2, 0) is 11.3 Å². The van der Waals surface area contributed by atoms with Gasteiger partial charge in [0.2, 0.25) is 0 Å². The smallest absolute Gasteiger partial charge is 0.305 e. The Morgan fingerprint density at radius 3 is 3.00 bits per heavy atom. The largest absolute Gasteiger partial charge is 0.496 e. The zero-order valence-electron chi connectivity index (χ0n) is 10.3. The van der Waals surface area contributed by atoms with Gasteiger partial charge in [-0.25, -0.2) is 9.37 Å². The van der Waals surface area contributed by atoms with E-state index in [-0.39, 0.29) is 18.8 Å². The SMILES string of the molecule is COc1ccc(F)cc1-c1cncn1CCC(=O)O. The van der Waals surface area contributed by atoms with Crippen LogP contribution in [0.4, 0.5) is 4.39 Å². The second kappa shape index (κ2) is 5.51. The molecular weight excluding hydrogens is 251 g/mol. The van der Waals surface area contributed by atoms with Crippen molar-refractivity contribution < 1.29 is 19.0 Å². The van der Waals surface area contributed by atoms with E-state index in [1.54, 1.807) is 10.8 Å². The maximum absolute atomic E-state index is 13.3. The number of carbonyl (C=O) groups is 1. The van der Waals surface area contributed by atoms with E-state index < -0.39 is 5.97 Å². The van der Waals surface area contributed by atoms with Crippen LogP contribution in [0.2, 0.25) is 0 Å². The lowest BCUT2D eigenvalue weighted by Gasteiger charge is -2.11. The molecule has 0 radical (unpaired) electrons. The average Bonchev–Trinajstić information content (AvgIpc) is 2.84. The zero-order chi connectivity index (χ0) is 13.8. The lowest BCUT2D eigenvalue weighted by molar-refractivity contribution is -0.137. The van der Waals surface area contributed by atoms with Crippen molar-refractivity contribution in [1.82, 2.24) is 9.55 Å². The minimum Gasteiger partial charge on any atom is -0.496 e. The molecule has 19 heavy (non-hydrogen) atoms. The van der Waals surface area contributed by atoms with Crippen molar-refractivity contribution in [3.8, 4) is 17.0 Å². The van der Waals surface area contributed by atoms with Gasteiger partial charge in [0.1, 0.15) is 11.6 Å². The van der Waals surface area contributed by atoms with Gasteiger partial charge in [0.05, 0.1) is 31.7 Å². The third-order valence-electron chi connectivity index (χ3n) is 2.72. The molecule has 0 spiro atoms. The van der Waals surface area contributed by atoms with Crippen LogP contribution in [0.25, 0.3) is 11.3 Å². The van der Waals surface area contributed by atoms with Gasteiger partial charge in [-0.05, 0) is 18.2 Å². The molecule has 0 fully saturated rings. The molecule has 0 unspecified atom stereocenters. The summed E-state index contributed by atoms with van der Waals surface area (Å²) in [6, 6.07) is 4.17. The summed E-state index contributed by atoms with van der Waals surface area (Å²) in [7, 11) is 1.49. The van der Waals surface area contributed by atoms with Gasteiger partial charge in [0.25, 0.3) is 0 Å². The minimum absolute atomic E-state index is 0.0268. The van der Waals surface area contributed by atoms with Gasteiger partial charge in [-0.15, -0.1) is 0 Å². The van der Waals surface area contributed by atoms with E-state index in [1.807, 2.05) is 0 Å². The molecule has 100 valence electrons. The molecule has 0 atom stereocenters. The van der Waals surface area contributed by atoms with Gasteiger partial charge in [-0.1, -0.05) is 0 Å². The normalized spacial score (nSPS) is 10.4. The molecule has 0 aliphatic heterocycles. The number of carboxylic acids is 1. The molecule has 5 nitrogen and oxygen atoms in total. The van der Waals surface area contributed by atoms with Gasteiger partial charge in [0, 0.05) is 12.1 Å². The molecule has 0 aliphatic carbocycles. The fourth-order valence-corrected chi connectivity index (χ4v) is 1.82. The van der Waals surface area contributed by atoms with E-state index in [9.17, 15) is 9.18 Å². The summed E-state index contributed by atoms with van der Waals surface area (Å²) in [5, 5.41) is 8.70. The summed E-state index contributed by atoms with van der Waals surface area (Å²) in [5.41, 5.74) is 1.17. The highest BCUT2D eigenvalue weighted by atomic mass is 19.1. The Balaban J connectivity index is 2.39. The summed E-state index contributed by atoms with van der Waals surface area (Å²) >= 11 is 0. The molecule has 6 heteroatoms. The molecule has 0 amide bonds. The Morgan fingerprint density at radius 1 is 1.53 bits per heavy atom. The van der Waals surface area contributed by atoms with Crippen LogP contribution in [0.1, 0.15) is 6.42 Å². The zero-order valence-corrected chi connectivity index (χ0v) is 10.3. The van der Waals surface area contributed by atoms with Gasteiger partial charge in [-0.2, -0.15) is 0 Å². The standard InChI is InChI=1S/C13H13FN2O3/c1-19-12-3-2-9(14)6-10(12)11-7-15-8-16(11)5-4-13(17)18/h2-3,6-8H,4-5H2,1H3,(H,17,18). The van der Waals surface area contributed by atoms with Crippen molar-refractivity contribution in [2.45, 2.75) is 13.0 Å². The molecule has 1 N–H and O–H groups in total. The number of hydrogen-bond acceptors (Lipinski definition) is 3. The first kappa shape index (κ1) is 13.1. The van der Waals surface area contributed by atoms with Crippen LogP contribution < -0.4 is 4.74 Å². The van der Waals surface area contributed by atoms with E-state index in [0.29, 0.717) is 17.0 Å². The molecule has 0 bridgehead atoms. The Labute approximate surface area is 109 Å². The Bertz CT molecular complexity index is 595. The predicted octanol–water partition coefficient (Wildman–Crippen LogP) is 2.17. The lowest BCUT2D eigenvalue weighted by atomic mass is 10.1. The molecule has 1 aromatic heterocycles. The summed E-state index contributed by atoms with van der Waals surface area (Å²) in [6.45, 7) is 0.268. The van der Waals surface area contributed by atoms with Crippen molar-refractivity contribution in [3.05, 3.63) is 36.5 Å². The summed E-state index contributed by atoms with van der Waals surface area (Å²) in [4.78, 5) is 14.6. The quantitative estimate of drug-likeness (QED) is 0.898. The molecule has 0 saturated heterocycles. The molecule has 2 aromatic rings. The van der Waals surface area contributed by atoms with Crippen LogP contribution in [0.3, 0.4) is 0 Å². The number of imidazole rings is 1. The molecule has 2 rings (SSSR count). The van der Waals surface area contributed by atoms with Crippen LogP contribution >= 0.6 is 0 Å². The Morgan fingerprint density at radius 2 is 2.32 bits per heavy atom. The highest BCUT2D eigenvalue weighted by Crippen LogP contribution is 2.30. The first-order chi connectivity index (χ1) is 9.11. The maximum atomic E-state index is 13.3. The van der Waals surface area contributed by atoms with E-state index >= 15 is 0 Å². The van der Waals surface area contributed by atoms with Crippen molar-refractivity contribution >= 4 is 5.97 Å². The summed E-state index contributed by atoms with van der Waals surface area (Å²) in [5.74, 6) is -0.772. The summed E-state index contributed by atoms with van der Waals surface area (Å²) in [6.07, 6.45) is 3.04. The average molecular weight is 264 g/mol. The minimum atomic E-state index is -0.897. The van der Waals surface area contributed by atoms with Gasteiger partial charge in [-0.3, -0.25) is 4.79 Å². The van der Waals surface area contributed by atoms with Crippen molar-refractivity contribution in [3.63, 3.8) is 0 Å². The van der Waals surface area contributed by atoms with Crippen LogP contribution in [-0.4, -0.2) is 27.7 Å². The third-order valence-corrected chi connectivity index (χ3v) is 2.72. The second-order valence-corrected chi connectivity index (χ2v) is 3.96. The van der Waals surface area contributed by atoms with Crippen LogP contribution in [0.15, 0.2) is 30.7 Å². The second-order valence-electron chi connectivity index (χ2n) is 3.96. The number of methoxy groups -OCH3 is 1. The van der Waals surface area contributed by atoms with Crippen molar-refractivity contribution in [2.24, 2.45) is 0 Å². The number of rotatable bonds is 5. The fraction of sp³-hybridized carbons (Fsp3) is 0.231. The van der Waals surface area contributed by atoms with E-state index in [2.05, 4.69) is 4.98 Å². The number of carboxylic acid groups (broad SMARTS) is 1. The van der Waals surface area contributed by atoms with Gasteiger partial charge in [0.15, 0.2) is 0 Å². The molecule has 0 aliphatic rings. The first-order valence-corrected chi connectivity index (χ1v) is 5.67. The van der Waals surface area contributed by atoms with E-state index in [4.69, 9.17) is 9.84 Å². The maximum Gasteiger partial charge on any atom is 0.305 e. The Kier molecular flexibility index (Phi) is 3.79. The number of benzene rings is 1. The fourth-order valence-electron chi connectivity index (χ4n) is 1.82. The number of aromatic nitrogens is 2. The van der Waals surface area contributed by atoms with Crippen LogP contribution in [0.5, 0.6) is 5.75 Å². The number of aliphatic carboxylic acids is 1. The number of hydrogen-bond donors (Lipinski definition) is 1. The van der Waals surface area contributed by atoms with Crippen LogP contribution in [0, 0.1) is 5.82 Å². The molecular formula is C13H13FN2O3. The highest BCUT2D eigenvalue weighted by Gasteiger charge is 2.12. The van der Waals surface area contributed by atoms with E-state index in [0.717, 1.165) is 0 Å². The number of ether oxygens (including phenoxy) is 1. The predicted molar refractivity (Wildman–Crippen MR) is 66.4 cm³/mol. The lowest BCUT2D eigenvalue weighted by Crippen LogP contribution is -2.05. The van der Waals surface area contributed by atoms with Crippen molar-refractivity contribution in [2.75, 3.05) is 7.11 Å². The molecule has 0 saturated carbocycles. The molecule has 1 heterocycles. The number of nitrogens with zero attached hydrogens (tertiary/aromatic N) is 2. The number of halogens is 1. The molecule has 1 aromatic carbocycles. The topological polar surface area (TPSA) is 64.4 Å². The summed E-state index contributed by atoms with van der Waals surface area (Å²) < 4.78 is 20.2. The highest BCUT2D eigenvalue weighted by molar-refractivity contribution is 5.68. The van der Waals surface area contributed by atoms with Gasteiger partial charge >= 0.3 is 5.97 Å². The van der Waals surface area contributed by atoms with Gasteiger partial charge < -0.3 is 14.4 Å². The van der Waals surface area contributed by atoms with E-state index in [1.165, 1.54) is 31.6 Å². The third kappa shape index (κ3) is 2.90. The first-order valence-electron chi connectivity index (χ1n) is 5.67. The Hall–Kier alpha value is -2.37. The number of aryl methyl sites for hydroxylation is 1.